The third kappa shape index (κ3) is 2.80. The minimum Gasteiger partial charge on any atom is -0.381 e. The van der Waals surface area contributed by atoms with E-state index >= 15 is 0 Å². The number of nitrogens with one attached hydrogen (secondary N) is 1. The van der Waals surface area contributed by atoms with Gasteiger partial charge in [0.25, 0.3) is 0 Å². The fourth-order valence-corrected chi connectivity index (χ4v) is 2.39. The molecule has 0 bridgehead atoms. The van der Waals surface area contributed by atoms with E-state index in [2.05, 4.69) is 35.6 Å². The summed E-state index contributed by atoms with van der Waals surface area (Å²) in [5, 5.41) is 5.73. The van der Waals surface area contributed by atoms with Crippen LogP contribution in [0.3, 0.4) is 0 Å². The molecule has 1 nitrogen and oxygen atoms in total. The van der Waals surface area contributed by atoms with Crippen LogP contribution in [0, 0.1) is 12.7 Å². The van der Waals surface area contributed by atoms with Gasteiger partial charge in [0.15, 0.2) is 0 Å². The van der Waals surface area contributed by atoms with Crippen molar-refractivity contribution in [1.29, 1.82) is 0 Å². The van der Waals surface area contributed by atoms with E-state index in [0.717, 1.165) is 11.3 Å². The van der Waals surface area contributed by atoms with Gasteiger partial charge in [-0.2, -0.15) is 0 Å². The average molecular weight is 265 g/mol. The Hall–Kier alpha value is -2.35. The van der Waals surface area contributed by atoms with Crippen molar-refractivity contribution in [2.75, 3.05) is 5.32 Å². The predicted molar refractivity (Wildman–Crippen MR) is 82.4 cm³/mol. The lowest BCUT2D eigenvalue weighted by Crippen LogP contribution is -2.00. The van der Waals surface area contributed by atoms with E-state index in [4.69, 9.17) is 0 Å². The Balaban J connectivity index is 1.79. The summed E-state index contributed by atoms with van der Waals surface area (Å²) in [6.07, 6.45) is 0. The molecule has 0 aliphatic carbocycles. The number of fused-ring (bicyclic) bond motifs is 1. The Morgan fingerprint density at radius 2 is 1.70 bits per heavy atom. The maximum absolute atomic E-state index is 13.3. The van der Waals surface area contributed by atoms with E-state index < -0.39 is 0 Å². The number of benzene rings is 3. The van der Waals surface area contributed by atoms with Crippen molar-refractivity contribution >= 4 is 16.5 Å². The lowest BCUT2D eigenvalue weighted by molar-refractivity contribution is 0.627. The Morgan fingerprint density at radius 1 is 0.900 bits per heavy atom. The third-order valence-corrected chi connectivity index (χ3v) is 3.35. The molecule has 0 aliphatic rings. The highest BCUT2D eigenvalue weighted by Gasteiger charge is 1.99. The molecule has 20 heavy (non-hydrogen) atoms. The van der Waals surface area contributed by atoms with E-state index in [1.165, 1.54) is 28.5 Å². The summed E-state index contributed by atoms with van der Waals surface area (Å²) in [5.41, 5.74) is 2.92. The Labute approximate surface area is 118 Å². The summed E-state index contributed by atoms with van der Waals surface area (Å²) in [4.78, 5) is 0. The quantitative estimate of drug-likeness (QED) is 0.710. The number of hydrogen-bond donors (Lipinski definition) is 1. The molecule has 0 fully saturated rings. The third-order valence-electron chi connectivity index (χ3n) is 3.35. The monoisotopic (exact) mass is 265 g/mol. The Morgan fingerprint density at radius 3 is 2.50 bits per heavy atom. The number of rotatable bonds is 3. The van der Waals surface area contributed by atoms with Crippen molar-refractivity contribution in [3.63, 3.8) is 0 Å². The molecule has 0 saturated heterocycles. The predicted octanol–water partition coefficient (Wildman–Crippen LogP) is 4.90. The van der Waals surface area contributed by atoms with Gasteiger partial charge in [-0.15, -0.1) is 0 Å². The fraction of sp³-hybridized carbons (Fsp3) is 0.111. The SMILES string of the molecule is Cc1cc(F)cc(NCc2ccc3ccccc3c2)c1. The first-order valence-corrected chi connectivity index (χ1v) is 6.69. The van der Waals surface area contributed by atoms with Crippen molar-refractivity contribution in [3.05, 3.63) is 77.6 Å². The summed E-state index contributed by atoms with van der Waals surface area (Å²) in [6.45, 7) is 2.58. The summed E-state index contributed by atoms with van der Waals surface area (Å²) in [5.74, 6) is -0.203. The molecule has 0 unspecified atom stereocenters. The molecule has 0 saturated carbocycles. The first-order chi connectivity index (χ1) is 9.70. The van der Waals surface area contributed by atoms with E-state index in [1.807, 2.05) is 25.1 Å². The normalized spacial score (nSPS) is 10.7. The summed E-state index contributed by atoms with van der Waals surface area (Å²) in [6, 6.07) is 19.7. The van der Waals surface area contributed by atoms with Gasteiger partial charge >= 0.3 is 0 Å². The van der Waals surface area contributed by atoms with Gasteiger partial charge in [0.2, 0.25) is 0 Å². The molecule has 1 N–H and O–H groups in total. The second-order valence-corrected chi connectivity index (χ2v) is 5.05. The largest absolute Gasteiger partial charge is 0.381 e. The molecule has 0 atom stereocenters. The first kappa shape index (κ1) is 12.7. The van der Waals surface area contributed by atoms with E-state index in [0.29, 0.717) is 6.54 Å². The van der Waals surface area contributed by atoms with Crippen LogP contribution in [0.1, 0.15) is 11.1 Å². The Bertz CT molecular complexity index is 729. The molecule has 0 radical (unpaired) electrons. The van der Waals surface area contributed by atoms with Gasteiger partial charge in [0, 0.05) is 12.2 Å². The van der Waals surface area contributed by atoms with Gasteiger partial charge in [0.1, 0.15) is 5.82 Å². The van der Waals surface area contributed by atoms with Crippen molar-refractivity contribution < 1.29 is 4.39 Å². The van der Waals surface area contributed by atoms with Crippen LogP contribution >= 0.6 is 0 Å². The number of anilines is 1. The van der Waals surface area contributed by atoms with Gasteiger partial charge in [-0.1, -0.05) is 36.4 Å². The van der Waals surface area contributed by atoms with Crippen molar-refractivity contribution in [1.82, 2.24) is 0 Å². The van der Waals surface area contributed by atoms with Gasteiger partial charge in [-0.25, -0.2) is 4.39 Å². The highest BCUT2D eigenvalue weighted by atomic mass is 19.1. The molecule has 100 valence electrons. The molecular weight excluding hydrogens is 249 g/mol. The summed E-state index contributed by atoms with van der Waals surface area (Å²) in [7, 11) is 0. The lowest BCUT2D eigenvalue weighted by atomic mass is 10.1. The molecule has 2 heteroatoms. The molecule has 0 aliphatic heterocycles. The Kier molecular flexibility index (Phi) is 3.38. The number of hydrogen-bond acceptors (Lipinski definition) is 1. The minimum absolute atomic E-state index is 0.203. The number of aryl methyl sites for hydroxylation is 1. The molecule has 0 aromatic heterocycles. The van der Waals surface area contributed by atoms with Crippen LogP contribution in [-0.4, -0.2) is 0 Å². The molecule has 0 amide bonds. The highest BCUT2D eigenvalue weighted by Crippen LogP contribution is 2.18. The van der Waals surface area contributed by atoms with Crippen molar-refractivity contribution in [3.8, 4) is 0 Å². The second kappa shape index (κ2) is 5.33. The lowest BCUT2D eigenvalue weighted by Gasteiger charge is -2.09. The highest BCUT2D eigenvalue weighted by molar-refractivity contribution is 5.83. The van der Waals surface area contributed by atoms with Gasteiger partial charge in [0.05, 0.1) is 0 Å². The maximum Gasteiger partial charge on any atom is 0.125 e. The second-order valence-electron chi connectivity index (χ2n) is 5.05. The molecule has 0 spiro atoms. The molecule has 3 rings (SSSR count). The van der Waals surface area contributed by atoms with Gasteiger partial charge < -0.3 is 5.32 Å². The molecule has 3 aromatic carbocycles. The van der Waals surface area contributed by atoms with Crippen molar-refractivity contribution in [2.24, 2.45) is 0 Å². The van der Waals surface area contributed by atoms with Crippen LogP contribution in [0.5, 0.6) is 0 Å². The molecular formula is C18H16FN. The fourth-order valence-electron chi connectivity index (χ4n) is 2.39. The van der Waals surface area contributed by atoms with Gasteiger partial charge in [-0.3, -0.25) is 0 Å². The topological polar surface area (TPSA) is 12.0 Å². The average Bonchev–Trinajstić information content (AvgIpc) is 2.44. The van der Waals surface area contributed by atoms with Crippen LogP contribution in [0.25, 0.3) is 10.8 Å². The zero-order valence-electron chi connectivity index (χ0n) is 11.4. The summed E-state index contributed by atoms with van der Waals surface area (Å²) < 4.78 is 13.3. The van der Waals surface area contributed by atoms with E-state index in [1.54, 1.807) is 0 Å². The van der Waals surface area contributed by atoms with Crippen LogP contribution in [0.4, 0.5) is 10.1 Å². The van der Waals surface area contributed by atoms with Gasteiger partial charge in [-0.05, 0) is 53.1 Å². The van der Waals surface area contributed by atoms with Crippen molar-refractivity contribution in [2.45, 2.75) is 13.5 Å². The molecule has 0 heterocycles. The van der Waals surface area contributed by atoms with E-state index in [-0.39, 0.29) is 5.82 Å². The standard InChI is InChI=1S/C18H16FN/c1-13-8-17(19)11-18(9-13)20-12-14-6-7-15-4-2-3-5-16(15)10-14/h2-11,20H,12H2,1H3. The van der Waals surface area contributed by atoms with Crippen LogP contribution in [0.2, 0.25) is 0 Å². The van der Waals surface area contributed by atoms with Crippen LogP contribution < -0.4 is 5.32 Å². The van der Waals surface area contributed by atoms with E-state index in [9.17, 15) is 4.39 Å². The van der Waals surface area contributed by atoms with Crippen LogP contribution in [-0.2, 0) is 6.54 Å². The van der Waals surface area contributed by atoms with Crippen LogP contribution in [0.15, 0.2) is 60.7 Å². The summed E-state index contributed by atoms with van der Waals surface area (Å²) >= 11 is 0. The zero-order chi connectivity index (χ0) is 13.9. The smallest absolute Gasteiger partial charge is 0.125 e. The maximum atomic E-state index is 13.3. The molecule has 3 aromatic rings. The zero-order valence-corrected chi connectivity index (χ0v) is 11.4. The minimum atomic E-state index is -0.203. The first-order valence-electron chi connectivity index (χ1n) is 6.69. The number of halogens is 1.